The number of nitrogens with zero attached hydrogens (tertiary/aromatic N) is 3. The topological polar surface area (TPSA) is 61.1 Å². The van der Waals surface area contributed by atoms with Gasteiger partial charge in [0.25, 0.3) is 0 Å². The number of nitriles is 1. The lowest BCUT2D eigenvalue weighted by Crippen LogP contribution is -2.33. The van der Waals surface area contributed by atoms with Crippen LogP contribution in [0.3, 0.4) is 0 Å². The zero-order valence-corrected chi connectivity index (χ0v) is 17.8. The quantitative estimate of drug-likeness (QED) is 0.633. The van der Waals surface area contributed by atoms with Crippen LogP contribution in [0.15, 0.2) is 41.8 Å². The van der Waals surface area contributed by atoms with Crippen LogP contribution in [0.25, 0.3) is 5.69 Å². The Morgan fingerprint density at radius 2 is 2.17 bits per heavy atom. The lowest BCUT2D eigenvalue weighted by molar-refractivity contribution is -0.117. The molecule has 1 aliphatic rings. The fourth-order valence-corrected chi connectivity index (χ4v) is 5.07. The van der Waals surface area contributed by atoms with Crippen molar-refractivity contribution in [2.24, 2.45) is 0 Å². The molecule has 3 heterocycles. The van der Waals surface area contributed by atoms with E-state index in [2.05, 4.69) is 27.7 Å². The summed E-state index contributed by atoms with van der Waals surface area (Å²) >= 11 is 1.71. The van der Waals surface area contributed by atoms with Crippen molar-refractivity contribution in [2.45, 2.75) is 32.7 Å². The highest BCUT2D eigenvalue weighted by Crippen LogP contribution is 2.35. The van der Waals surface area contributed by atoms with Gasteiger partial charge in [-0.3, -0.25) is 14.3 Å². The molecular weight excluding hydrogens is 399 g/mol. The highest BCUT2D eigenvalue weighted by atomic mass is 32.1. The van der Waals surface area contributed by atoms with Gasteiger partial charge in [0.15, 0.2) is 0 Å². The summed E-state index contributed by atoms with van der Waals surface area (Å²) < 4.78 is 15.6. The molecule has 154 valence electrons. The van der Waals surface area contributed by atoms with Crippen molar-refractivity contribution >= 4 is 23.1 Å². The molecule has 1 fully saturated rings. The molecule has 1 aliphatic heterocycles. The summed E-state index contributed by atoms with van der Waals surface area (Å²) in [7, 11) is 0. The third kappa shape index (κ3) is 3.76. The van der Waals surface area contributed by atoms with E-state index in [4.69, 9.17) is 0 Å². The molecule has 1 saturated heterocycles. The predicted octanol–water partition coefficient (Wildman–Crippen LogP) is 4.94. The van der Waals surface area contributed by atoms with Crippen LogP contribution >= 0.6 is 11.3 Å². The zero-order chi connectivity index (χ0) is 21.3. The molecule has 5 nitrogen and oxygen atoms in total. The number of carbonyl (C=O) groups excluding carboxylic acids is 1. The fourth-order valence-electron chi connectivity index (χ4n) is 4.17. The Bertz CT molecular complexity index is 1110. The molecule has 4 rings (SSSR count). The lowest BCUT2D eigenvalue weighted by atomic mass is 10.2. The van der Waals surface area contributed by atoms with Crippen molar-refractivity contribution in [2.75, 3.05) is 18.4 Å². The molecule has 1 amide bonds. The minimum atomic E-state index is -0.370. The van der Waals surface area contributed by atoms with Crippen molar-refractivity contribution in [1.29, 1.82) is 5.26 Å². The van der Waals surface area contributed by atoms with E-state index in [0.29, 0.717) is 17.1 Å². The van der Waals surface area contributed by atoms with Crippen molar-refractivity contribution in [3.05, 3.63) is 69.3 Å². The van der Waals surface area contributed by atoms with Crippen LogP contribution in [0.2, 0.25) is 0 Å². The number of amides is 1. The van der Waals surface area contributed by atoms with Gasteiger partial charge in [0.2, 0.25) is 5.91 Å². The second-order valence-corrected chi connectivity index (χ2v) is 8.53. The van der Waals surface area contributed by atoms with E-state index in [9.17, 15) is 14.4 Å². The number of benzene rings is 1. The van der Waals surface area contributed by atoms with Gasteiger partial charge in [0.1, 0.15) is 17.7 Å². The molecule has 1 N–H and O–H groups in total. The van der Waals surface area contributed by atoms with E-state index in [1.807, 2.05) is 19.9 Å². The van der Waals surface area contributed by atoms with E-state index >= 15 is 0 Å². The van der Waals surface area contributed by atoms with E-state index in [0.717, 1.165) is 30.6 Å². The van der Waals surface area contributed by atoms with Crippen LogP contribution in [-0.2, 0) is 4.79 Å². The standard InChI is InChI=1S/C23H23FN4OS/c1-15-16(2)28(18-7-3-6-17(24)12-18)23(19(15)13-25)26-22(29)14-27-10-4-8-20(27)21-9-5-11-30-21/h3,5-7,9,11-12,20H,4,8,10,14H2,1-2H3,(H,26,29). The Morgan fingerprint density at radius 3 is 2.87 bits per heavy atom. The third-order valence-corrected chi connectivity index (χ3v) is 6.71. The number of likely N-dealkylation sites (tertiary alicyclic amines) is 1. The van der Waals surface area contributed by atoms with Crippen molar-refractivity contribution in [3.8, 4) is 11.8 Å². The normalized spacial score (nSPS) is 16.5. The largest absolute Gasteiger partial charge is 0.310 e. The highest BCUT2D eigenvalue weighted by molar-refractivity contribution is 7.10. The minimum Gasteiger partial charge on any atom is -0.310 e. The molecule has 1 unspecified atom stereocenters. The van der Waals surface area contributed by atoms with Gasteiger partial charge in [0.05, 0.1) is 17.8 Å². The molecular formula is C23H23FN4OS. The molecule has 7 heteroatoms. The Labute approximate surface area is 179 Å². The summed E-state index contributed by atoms with van der Waals surface area (Å²) in [5, 5.41) is 14.7. The number of anilines is 1. The summed E-state index contributed by atoms with van der Waals surface area (Å²) in [6, 6.07) is 12.8. The molecule has 1 atom stereocenters. The van der Waals surface area contributed by atoms with Crippen molar-refractivity contribution in [1.82, 2.24) is 9.47 Å². The van der Waals surface area contributed by atoms with E-state index in [1.165, 1.54) is 17.0 Å². The van der Waals surface area contributed by atoms with Crippen LogP contribution in [-0.4, -0.2) is 28.5 Å². The molecule has 3 aromatic rings. The van der Waals surface area contributed by atoms with Gasteiger partial charge in [-0.25, -0.2) is 4.39 Å². The number of hydrogen-bond donors (Lipinski definition) is 1. The summed E-state index contributed by atoms with van der Waals surface area (Å²) in [5.41, 5.74) is 2.55. The molecule has 0 radical (unpaired) electrons. The second-order valence-electron chi connectivity index (χ2n) is 7.55. The van der Waals surface area contributed by atoms with Crippen molar-refractivity contribution < 1.29 is 9.18 Å². The van der Waals surface area contributed by atoms with Gasteiger partial charge < -0.3 is 5.32 Å². The molecule has 0 aliphatic carbocycles. The van der Waals surface area contributed by atoms with Gasteiger partial charge >= 0.3 is 0 Å². The summed E-state index contributed by atoms with van der Waals surface area (Å²) in [5.74, 6) is -0.148. The van der Waals surface area contributed by atoms with Crippen LogP contribution in [0.1, 0.15) is 40.6 Å². The lowest BCUT2D eigenvalue weighted by Gasteiger charge is -2.23. The van der Waals surface area contributed by atoms with Crippen LogP contribution < -0.4 is 5.32 Å². The SMILES string of the molecule is Cc1c(C#N)c(NC(=O)CN2CCCC2c2cccs2)n(-c2cccc(F)c2)c1C. The zero-order valence-electron chi connectivity index (χ0n) is 17.0. The van der Waals surface area contributed by atoms with E-state index in [1.54, 1.807) is 28.0 Å². The average molecular weight is 423 g/mol. The molecule has 2 aromatic heterocycles. The maximum Gasteiger partial charge on any atom is 0.239 e. The van der Waals surface area contributed by atoms with Gasteiger partial charge in [-0.2, -0.15) is 5.26 Å². The number of rotatable bonds is 5. The number of nitrogens with one attached hydrogen (secondary N) is 1. The highest BCUT2D eigenvalue weighted by Gasteiger charge is 2.29. The first-order chi connectivity index (χ1) is 14.5. The first kappa shape index (κ1) is 20.3. The second kappa shape index (κ2) is 8.42. The Kier molecular flexibility index (Phi) is 5.71. The van der Waals surface area contributed by atoms with Gasteiger partial charge in [0, 0.05) is 16.6 Å². The molecule has 30 heavy (non-hydrogen) atoms. The van der Waals surface area contributed by atoms with Gasteiger partial charge in [-0.1, -0.05) is 12.1 Å². The van der Waals surface area contributed by atoms with Crippen molar-refractivity contribution in [3.63, 3.8) is 0 Å². The van der Waals surface area contributed by atoms with E-state index < -0.39 is 0 Å². The first-order valence-corrected chi connectivity index (χ1v) is 10.8. The minimum absolute atomic E-state index is 0.176. The Balaban J connectivity index is 1.62. The third-order valence-electron chi connectivity index (χ3n) is 5.73. The number of aromatic nitrogens is 1. The predicted molar refractivity (Wildman–Crippen MR) is 116 cm³/mol. The summed E-state index contributed by atoms with van der Waals surface area (Å²) in [6.07, 6.45) is 2.09. The molecule has 0 bridgehead atoms. The maximum absolute atomic E-state index is 13.8. The number of thiophene rings is 1. The Morgan fingerprint density at radius 1 is 1.33 bits per heavy atom. The maximum atomic E-state index is 13.8. The molecule has 0 saturated carbocycles. The Hall–Kier alpha value is -2.95. The van der Waals surface area contributed by atoms with E-state index in [-0.39, 0.29) is 24.3 Å². The summed E-state index contributed by atoms with van der Waals surface area (Å²) in [4.78, 5) is 16.4. The van der Waals surface area contributed by atoms with Gasteiger partial charge in [-0.15, -0.1) is 11.3 Å². The van der Waals surface area contributed by atoms with Crippen LogP contribution in [0.4, 0.5) is 10.2 Å². The summed E-state index contributed by atoms with van der Waals surface area (Å²) in [6.45, 7) is 4.82. The molecule has 0 spiro atoms. The average Bonchev–Trinajstić information content (AvgIpc) is 3.43. The van der Waals surface area contributed by atoms with Crippen LogP contribution in [0.5, 0.6) is 0 Å². The van der Waals surface area contributed by atoms with Crippen LogP contribution in [0, 0.1) is 31.0 Å². The number of halogens is 1. The number of carbonyl (C=O) groups is 1. The van der Waals surface area contributed by atoms with Gasteiger partial charge in [-0.05, 0) is 68.4 Å². The smallest absolute Gasteiger partial charge is 0.239 e. The monoisotopic (exact) mass is 422 g/mol. The first-order valence-electron chi connectivity index (χ1n) is 9.95. The number of hydrogen-bond acceptors (Lipinski definition) is 4. The molecule has 1 aromatic carbocycles. The fraction of sp³-hybridized carbons (Fsp3) is 0.304.